The second-order valence-corrected chi connectivity index (χ2v) is 5.62. The molecule has 0 amide bonds. The number of benzene rings is 2. The number of nitrogens with zero attached hydrogens (tertiary/aromatic N) is 2. The van der Waals surface area contributed by atoms with Gasteiger partial charge in [0.1, 0.15) is 5.75 Å². The van der Waals surface area contributed by atoms with E-state index in [1.165, 1.54) is 11.3 Å². The van der Waals surface area contributed by atoms with Crippen LogP contribution in [0.2, 0.25) is 0 Å². The number of phenolic OH excluding ortho intramolecular Hbond substituents is 1. The zero-order valence-electron chi connectivity index (χ0n) is 12.0. The van der Waals surface area contributed by atoms with Crippen LogP contribution in [0.25, 0.3) is 11.3 Å². The molecule has 0 spiro atoms. The van der Waals surface area contributed by atoms with E-state index < -0.39 is 0 Å². The van der Waals surface area contributed by atoms with Gasteiger partial charge in [-0.15, -0.1) is 11.3 Å². The molecule has 0 radical (unpaired) electrons. The van der Waals surface area contributed by atoms with Crippen molar-refractivity contribution in [3.63, 3.8) is 0 Å². The van der Waals surface area contributed by atoms with Gasteiger partial charge in [-0.3, -0.25) is 5.43 Å². The van der Waals surface area contributed by atoms with Crippen LogP contribution >= 0.6 is 11.3 Å². The number of hydrogen-bond donors (Lipinski definition) is 2. The second-order valence-electron chi connectivity index (χ2n) is 4.76. The van der Waals surface area contributed by atoms with Crippen molar-refractivity contribution >= 4 is 22.2 Å². The standard InChI is InChI=1S/C17H15N3OS/c1-12(14-8-5-9-15(21)10-14)19-20-17-18-16(11-22-17)13-6-3-2-4-7-13/h2-11,21H,1H3,(H,18,20)/b19-12-. The minimum Gasteiger partial charge on any atom is -0.508 e. The largest absolute Gasteiger partial charge is 0.508 e. The van der Waals surface area contributed by atoms with Crippen molar-refractivity contribution in [3.05, 3.63) is 65.5 Å². The van der Waals surface area contributed by atoms with Crippen LogP contribution in [0.5, 0.6) is 5.75 Å². The van der Waals surface area contributed by atoms with E-state index in [1.807, 2.05) is 48.7 Å². The normalized spacial score (nSPS) is 11.4. The number of aromatic nitrogens is 1. The zero-order valence-corrected chi connectivity index (χ0v) is 12.8. The average Bonchev–Trinajstić information content (AvgIpc) is 3.02. The van der Waals surface area contributed by atoms with Crippen LogP contribution in [0.1, 0.15) is 12.5 Å². The van der Waals surface area contributed by atoms with Crippen LogP contribution in [0, 0.1) is 0 Å². The summed E-state index contributed by atoms with van der Waals surface area (Å²) in [5, 5.41) is 16.5. The zero-order chi connectivity index (χ0) is 15.4. The molecule has 0 bridgehead atoms. The molecule has 0 saturated carbocycles. The molecule has 3 rings (SSSR count). The first-order valence-electron chi connectivity index (χ1n) is 6.83. The van der Waals surface area contributed by atoms with Crippen molar-refractivity contribution in [3.8, 4) is 17.0 Å². The molecule has 1 heterocycles. The summed E-state index contributed by atoms with van der Waals surface area (Å²) in [6.07, 6.45) is 0. The summed E-state index contributed by atoms with van der Waals surface area (Å²) in [7, 11) is 0. The molecular weight excluding hydrogens is 294 g/mol. The molecule has 0 aliphatic rings. The van der Waals surface area contributed by atoms with Gasteiger partial charge in [0.15, 0.2) is 0 Å². The topological polar surface area (TPSA) is 57.5 Å². The van der Waals surface area contributed by atoms with Crippen LogP contribution in [-0.2, 0) is 0 Å². The third-order valence-electron chi connectivity index (χ3n) is 3.16. The van der Waals surface area contributed by atoms with Gasteiger partial charge in [0.05, 0.1) is 11.4 Å². The molecule has 0 unspecified atom stereocenters. The molecule has 1 aromatic heterocycles. The molecule has 2 aromatic carbocycles. The lowest BCUT2D eigenvalue weighted by Crippen LogP contribution is -1.99. The fourth-order valence-electron chi connectivity index (χ4n) is 1.99. The summed E-state index contributed by atoms with van der Waals surface area (Å²) in [5.74, 6) is 0.229. The minimum atomic E-state index is 0.229. The Morgan fingerprint density at radius 1 is 1.14 bits per heavy atom. The number of hydrazone groups is 1. The Kier molecular flexibility index (Phi) is 4.16. The summed E-state index contributed by atoms with van der Waals surface area (Å²) in [4.78, 5) is 4.51. The SMILES string of the molecule is C/C(=N/Nc1nc(-c2ccccc2)cs1)c1cccc(O)c1. The maximum Gasteiger partial charge on any atom is 0.203 e. The quantitative estimate of drug-likeness (QED) is 0.556. The molecule has 110 valence electrons. The maximum absolute atomic E-state index is 9.49. The van der Waals surface area contributed by atoms with Crippen molar-refractivity contribution < 1.29 is 5.11 Å². The average molecular weight is 309 g/mol. The summed E-state index contributed by atoms with van der Waals surface area (Å²) in [6.45, 7) is 1.88. The number of anilines is 1. The Morgan fingerprint density at radius 3 is 2.73 bits per heavy atom. The first kappa shape index (κ1) is 14.3. The monoisotopic (exact) mass is 309 g/mol. The van der Waals surface area contributed by atoms with Crippen molar-refractivity contribution in [2.45, 2.75) is 6.92 Å². The van der Waals surface area contributed by atoms with E-state index in [9.17, 15) is 5.11 Å². The summed E-state index contributed by atoms with van der Waals surface area (Å²) in [6, 6.07) is 17.0. The van der Waals surface area contributed by atoms with E-state index in [4.69, 9.17) is 0 Å². The lowest BCUT2D eigenvalue weighted by Gasteiger charge is -2.01. The van der Waals surface area contributed by atoms with Crippen LogP contribution < -0.4 is 5.43 Å². The number of rotatable bonds is 4. The summed E-state index contributed by atoms with van der Waals surface area (Å²) in [5.41, 5.74) is 6.63. The maximum atomic E-state index is 9.49. The summed E-state index contributed by atoms with van der Waals surface area (Å²) >= 11 is 1.51. The van der Waals surface area contributed by atoms with Gasteiger partial charge in [-0.1, -0.05) is 42.5 Å². The van der Waals surface area contributed by atoms with Crippen LogP contribution in [0.4, 0.5) is 5.13 Å². The first-order chi connectivity index (χ1) is 10.7. The lowest BCUT2D eigenvalue weighted by molar-refractivity contribution is 0.475. The predicted molar refractivity (Wildman–Crippen MR) is 91.5 cm³/mol. The molecule has 22 heavy (non-hydrogen) atoms. The number of phenols is 1. The highest BCUT2D eigenvalue weighted by Gasteiger charge is 2.04. The van der Waals surface area contributed by atoms with Gasteiger partial charge in [-0.25, -0.2) is 4.98 Å². The third kappa shape index (κ3) is 3.32. The smallest absolute Gasteiger partial charge is 0.203 e. The molecule has 0 aliphatic heterocycles. The molecule has 4 nitrogen and oxygen atoms in total. The highest BCUT2D eigenvalue weighted by Crippen LogP contribution is 2.24. The molecule has 5 heteroatoms. The number of aromatic hydroxyl groups is 1. The molecule has 3 aromatic rings. The van der Waals surface area contributed by atoms with Crippen molar-refractivity contribution in [1.82, 2.24) is 4.98 Å². The van der Waals surface area contributed by atoms with Crippen LogP contribution in [0.3, 0.4) is 0 Å². The fraction of sp³-hybridized carbons (Fsp3) is 0.0588. The molecule has 0 aliphatic carbocycles. The van der Waals surface area contributed by atoms with Crippen LogP contribution in [-0.4, -0.2) is 15.8 Å². The Labute approximate surface area is 132 Å². The summed E-state index contributed by atoms with van der Waals surface area (Å²) < 4.78 is 0. The third-order valence-corrected chi connectivity index (χ3v) is 3.90. The van der Waals surface area contributed by atoms with E-state index in [0.717, 1.165) is 27.7 Å². The van der Waals surface area contributed by atoms with E-state index in [-0.39, 0.29) is 5.75 Å². The Bertz CT molecular complexity index is 796. The number of hydrogen-bond acceptors (Lipinski definition) is 5. The van der Waals surface area contributed by atoms with Gasteiger partial charge < -0.3 is 5.11 Å². The Morgan fingerprint density at radius 2 is 1.95 bits per heavy atom. The molecule has 2 N–H and O–H groups in total. The molecule has 0 fully saturated rings. The second kappa shape index (κ2) is 6.41. The van der Waals surface area contributed by atoms with Gasteiger partial charge in [0.25, 0.3) is 0 Å². The molecule has 0 atom stereocenters. The minimum absolute atomic E-state index is 0.229. The lowest BCUT2D eigenvalue weighted by atomic mass is 10.1. The first-order valence-corrected chi connectivity index (χ1v) is 7.71. The van der Waals surface area contributed by atoms with E-state index in [2.05, 4.69) is 15.5 Å². The highest BCUT2D eigenvalue weighted by molar-refractivity contribution is 7.14. The van der Waals surface area contributed by atoms with Gasteiger partial charge in [-0.05, 0) is 19.1 Å². The van der Waals surface area contributed by atoms with Gasteiger partial charge in [0, 0.05) is 16.5 Å². The molecular formula is C17H15N3OS. The number of thiazole rings is 1. The van der Waals surface area contributed by atoms with E-state index in [0.29, 0.717) is 0 Å². The highest BCUT2D eigenvalue weighted by atomic mass is 32.1. The molecule has 0 saturated heterocycles. The van der Waals surface area contributed by atoms with Crippen LogP contribution in [0.15, 0.2) is 65.1 Å². The van der Waals surface area contributed by atoms with E-state index in [1.54, 1.807) is 18.2 Å². The van der Waals surface area contributed by atoms with E-state index >= 15 is 0 Å². The van der Waals surface area contributed by atoms with Gasteiger partial charge >= 0.3 is 0 Å². The number of nitrogens with one attached hydrogen (secondary N) is 1. The Hall–Kier alpha value is -2.66. The van der Waals surface area contributed by atoms with Crippen molar-refractivity contribution in [2.24, 2.45) is 5.10 Å². The van der Waals surface area contributed by atoms with Crippen molar-refractivity contribution in [2.75, 3.05) is 5.43 Å². The van der Waals surface area contributed by atoms with Gasteiger partial charge in [0.2, 0.25) is 5.13 Å². The fourth-order valence-corrected chi connectivity index (χ4v) is 2.66. The Balaban J connectivity index is 1.74. The van der Waals surface area contributed by atoms with Crippen molar-refractivity contribution in [1.29, 1.82) is 0 Å². The van der Waals surface area contributed by atoms with Gasteiger partial charge in [-0.2, -0.15) is 5.10 Å². The predicted octanol–water partition coefficient (Wildman–Crippen LogP) is 4.35.